The van der Waals surface area contributed by atoms with Crippen molar-refractivity contribution in [3.63, 3.8) is 0 Å². The van der Waals surface area contributed by atoms with E-state index in [9.17, 15) is 9.90 Å². The van der Waals surface area contributed by atoms with Gasteiger partial charge in [0.05, 0.1) is 19.3 Å². The zero-order valence-corrected chi connectivity index (χ0v) is 21.4. The number of aromatic nitrogens is 3. The highest BCUT2D eigenvalue weighted by Gasteiger charge is 2.43. The largest absolute Gasteiger partial charge is 0.507 e. The molecule has 1 aliphatic rings. The molecule has 0 aliphatic carbocycles. The van der Waals surface area contributed by atoms with E-state index >= 15 is 0 Å². The van der Waals surface area contributed by atoms with Crippen molar-refractivity contribution in [2.45, 2.75) is 40.3 Å². The Morgan fingerprint density at radius 2 is 1.84 bits per heavy atom. The van der Waals surface area contributed by atoms with Crippen LogP contribution in [0.4, 0.5) is 0 Å². The van der Waals surface area contributed by atoms with Crippen molar-refractivity contribution >= 4 is 5.91 Å². The zero-order chi connectivity index (χ0) is 26.1. The van der Waals surface area contributed by atoms with Gasteiger partial charge >= 0.3 is 0 Å². The van der Waals surface area contributed by atoms with E-state index in [1.165, 1.54) is 0 Å². The fourth-order valence-corrected chi connectivity index (χ4v) is 4.98. The molecule has 0 fully saturated rings. The van der Waals surface area contributed by atoms with Crippen LogP contribution in [0.5, 0.6) is 17.2 Å². The topological polar surface area (TPSA) is 101 Å². The summed E-state index contributed by atoms with van der Waals surface area (Å²) in [6.45, 7) is 9.02. The standard InChI is InChI=1S/C29H30N4O4/c1-5-36-22-10-9-20(14-23(22)37-6-2)27-24-25(21-13-17(3)12-18(4)28(21)34)31-32-26(24)29(35)33(27)16-19-8-7-11-30-15-19/h7-15,27,34H,5-6,16H2,1-4H3,(H,31,32)/t27-/m0/s1. The number of H-pyrrole nitrogens is 1. The van der Waals surface area contributed by atoms with Crippen molar-refractivity contribution < 1.29 is 19.4 Å². The van der Waals surface area contributed by atoms with Crippen LogP contribution >= 0.6 is 0 Å². The van der Waals surface area contributed by atoms with Gasteiger partial charge < -0.3 is 19.5 Å². The Bertz CT molecular complexity index is 1450. The lowest BCUT2D eigenvalue weighted by Gasteiger charge is -2.27. The van der Waals surface area contributed by atoms with Gasteiger partial charge in [-0.15, -0.1) is 0 Å². The number of phenols is 1. The van der Waals surface area contributed by atoms with Gasteiger partial charge in [0, 0.05) is 30.1 Å². The molecule has 2 aromatic heterocycles. The lowest BCUT2D eigenvalue weighted by atomic mass is 9.93. The second kappa shape index (κ2) is 9.97. The van der Waals surface area contributed by atoms with Gasteiger partial charge in [0.1, 0.15) is 17.1 Å². The number of hydrogen-bond acceptors (Lipinski definition) is 6. The monoisotopic (exact) mass is 498 g/mol. The molecule has 0 bridgehead atoms. The minimum absolute atomic E-state index is 0.151. The first-order valence-electron chi connectivity index (χ1n) is 12.4. The molecule has 0 saturated heterocycles. The molecule has 0 spiro atoms. The molecule has 3 heterocycles. The van der Waals surface area contributed by atoms with Gasteiger partial charge in [0.2, 0.25) is 0 Å². The molecule has 2 N–H and O–H groups in total. The smallest absolute Gasteiger partial charge is 0.273 e. The highest BCUT2D eigenvalue weighted by atomic mass is 16.5. The van der Waals surface area contributed by atoms with Crippen LogP contribution in [0.25, 0.3) is 11.3 Å². The first-order valence-corrected chi connectivity index (χ1v) is 12.4. The van der Waals surface area contributed by atoms with Crippen molar-refractivity contribution in [1.29, 1.82) is 0 Å². The van der Waals surface area contributed by atoms with E-state index in [1.807, 2.05) is 70.2 Å². The van der Waals surface area contributed by atoms with Gasteiger partial charge in [0.25, 0.3) is 5.91 Å². The van der Waals surface area contributed by atoms with Crippen LogP contribution in [0.1, 0.15) is 58.2 Å². The minimum Gasteiger partial charge on any atom is -0.507 e. The maximum absolute atomic E-state index is 13.7. The van der Waals surface area contributed by atoms with Crippen molar-refractivity contribution in [3.05, 3.63) is 88.4 Å². The number of fused-ring (bicyclic) bond motifs is 1. The van der Waals surface area contributed by atoms with Crippen LogP contribution in [0.15, 0.2) is 54.9 Å². The highest BCUT2D eigenvalue weighted by Crippen LogP contribution is 2.47. The number of benzene rings is 2. The molecule has 5 rings (SSSR count). The predicted molar refractivity (Wildman–Crippen MR) is 140 cm³/mol. The van der Waals surface area contributed by atoms with Crippen LogP contribution in [0.2, 0.25) is 0 Å². The summed E-state index contributed by atoms with van der Waals surface area (Å²) < 4.78 is 11.7. The minimum atomic E-state index is -0.466. The first kappa shape index (κ1) is 24.4. The maximum atomic E-state index is 13.7. The molecule has 0 saturated carbocycles. The number of ether oxygens (including phenoxy) is 2. The van der Waals surface area contributed by atoms with Crippen LogP contribution in [-0.2, 0) is 6.54 Å². The van der Waals surface area contributed by atoms with Gasteiger partial charge in [-0.25, -0.2) is 0 Å². The molecule has 37 heavy (non-hydrogen) atoms. The van der Waals surface area contributed by atoms with Gasteiger partial charge in [-0.05, 0) is 74.2 Å². The average molecular weight is 499 g/mol. The number of aromatic amines is 1. The van der Waals surface area contributed by atoms with Crippen LogP contribution < -0.4 is 9.47 Å². The summed E-state index contributed by atoms with van der Waals surface area (Å²) in [4.78, 5) is 19.8. The van der Waals surface area contributed by atoms with Crippen LogP contribution in [0, 0.1) is 13.8 Å². The lowest BCUT2D eigenvalue weighted by molar-refractivity contribution is 0.0729. The molecule has 190 valence electrons. The van der Waals surface area contributed by atoms with Crippen LogP contribution in [-0.4, -0.2) is 44.3 Å². The number of phenolic OH excluding ortho intramolecular Hbond substituents is 1. The van der Waals surface area contributed by atoms with Gasteiger partial charge in [-0.3, -0.25) is 14.9 Å². The third-order valence-corrected chi connectivity index (χ3v) is 6.52. The van der Waals surface area contributed by atoms with E-state index < -0.39 is 6.04 Å². The van der Waals surface area contributed by atoms with Gasteiger partial charge in [0.15, 0.2) is 11.5 Å². The van der Waals surface area contributed by atoms with E-state index in [1.54, 1.807) is 17.3 Å². The number of aromatic hydroxyl groups is 1. The van der Waals surface area contributed by atoms with Crippen molar-refractivity contribution in [1.82, 2.24) is 20.1 Å². The Hall–Kier alpha value is -4.33. The number of pyridine rings is 1. The van der Waals surface area contributed by atoms with Crippen molar-refractivity contribution in [2.75, 3.05) is 13.2 Å². The van der Waals surface area contributed by atoms with Crippen molar-refractivity contribution in [2.24, 2.45) is 0 Å². The number of carbonyl (C=O) groups excluding carboxylic acids is 1. The number of nitrogens with zero attached hydrogens (tertiary/aromatic N) is 3. The molecular weight excluding hydrogens is 468 g/mol. The Morgan fingerprint density at radius 1 is 1.05 bits per heavy atom. The molecule has 8 heteroatoms. The van der Waals surface area contributed by atoms with E-state index in [-0.39, 0.29) is 11.7 Å². The first-order chi connectivity index (χ1) is 17.9. The molecule has 4 aromatic rings. The van der Waals surface area contributed by atoms with E-state index in [0.29, 0.717) is 48.2 Å². The van der Waals surface area contributed by atoms with E-state index in [2.05, 4.69) is 15.2 Å². The fourth-order valence-electron chi connectivity index (χ4n) is 4.98. The number of rotatable bonds is 8. The molecule has 1 atom stereocenters. The zero-order valence-electron chi connectivity index (χ0n) is 21.4. The lowest BCUT2D eigenvalue weighted by Crippen LogP contribution is -2.29. The molecule has 2 aromatic carbocycles. The number of hydrogen-bond donors (Lipinski definition) is 2. The Balaban J connectivity index is 1.69. The number of aryl methyl sites for hydroxylation is 2. The highest BCUT2D eigenvalue weighted by molar-refractivity contribution is 6.00. The van der Waals surface area contributed by atoms with Crippen molar-refractivity contribution in [3.8, 4) is 28.5 Å². The molecule has 1 aliphatic heterocycles. The summed E-state index contributed by atoms with van der Waals surface area (Å²) in [5.41, 5.74) is 5.79. The van der Waals surface area contributed by atoms with Crippen LogP contribution in [0.3, 0.4) is 0 Å². The molecule has 0 radical (unpaired) electrons. The summed E-state index contributed by atoms with van der Waals surface area (Å²) in [6, 6.07) is 12.9. The second-order valence-electron chi connectivity index (χ2n) is 9.11. The number of amides is 1. The maximum Gasteiger partial charge on any atom is 0.273 e. The summed E-state index contributed by atoms with van der Waals surface area (Å²) in [5, 5.41) is 18.4. The summed E-state index contributed by atoms with van der Waals surface area (Å²) in [6.07, 6.45) is 3.47. The SMILES string of the molecule is CCOc1ccc([C@H]2c3c(-c4cc(C)cc(C)c4O)n[nH]c3C(=O)N2Cc2cccnc2)cc1OCC. The van der Waals surface area contributed by atoms with Gasteiger partial charge in [-0.2, -0.15) is 5.10 Å². The number of nitrogens with one attached hydrogen (secondary N) is 1. The quantitative estimate of drug-likeness (QED) is 0.340. The Morgan fingerprint density at radius 3 is 2.57 bits per heavy atom. The molecule has 8 nitrogen and oxygen atoms in total. The van der Waals surface area contributed by atoms with E-state index in [4.69, 9.17) is 9.47 Å². The van der Waals surface area contributed by atoms with E-state index in [0.717, 1.165) is 27.8 Å². The fraction of sp³-hybridized carbons (Fsp3) is 0.276. The summed E-state index contributed by atoms with van der Waals surface area (Å²) in [7, 11) is 0. The van der Waals surface area contributed by atoms with Gasteiger partial charge in [-0.1, -0.05) is 18.2 Å². The third-order valence-electron chi connectivity index (χ3n) is 6.52. The Labute approximate surface area is 215 Å². The number of carbonyl (C=O) groups is 1. The third kappa shape index (κ3) is 4.39. The molecule has 0 unspecified atom stereocenters. The predicted octanol–water partition coefficient (Wildman–Crippen LogP) is 5.34. The normalized spacial score (nSPS) is 14.6. The molecular formula is C29H30N4O4. The second-order valence-corrected chi connectivity index (χ2v) is 9.11. The average Bonchev–Trinajstić information content (AvgIpc) is 3.42. The summed E-state index contributed by atoms with van der Waals surface area (Å²) in [5.74, 6) is 1.25. The summed E-state index contributed by atoms with van der Waals surface area (Å²) >= 11 is 0. The molecule has 1 amide bonds. The Kier molecular flexibility index (Phi) is 6.56.